The van der Waals surface area contributed by atoms with Crippen molar-refractivity contribution in [3.8, 4) is 35.2 Å². The molecular formula is C15H10N6O4. The Morgan fingerprint density at radius 2 is 2.28 bits per heavy atom. The third kappa shape index (κ3) is 3.20. The molecule has 0 spiro atoms. The molecule has 0 aliphatic rings. The lowest BCUT2D eigenvalue weighted by Gasteiger charge is -2.10. The van der Waals surface area contributed by atoms with E-state index in [0.29, 0.717) is 17.0 Å². The van der Waals surface area contributed by atoms with Gasteiger partial charge in [0.15, 0.2) is 0 Å². The van der Waals surface area contributed by atoms with Crippen LogP contribution in [0.5, 0.6) is 5.75 Å². The summed E-state index contributed by atoms with van der Waals surface area (Å²) in [5.41, 5.74) is -0.220. The number of tetrazole rings is 1. The van der Waals surface area contributed by atoms with Crippen LogP contribution in [0.25, 0.3) is 17.1 Å². The number of aromatic carboxylic acids is 1. The van der Waals surface area contributed by atoms with Crippen LogP contribution in [0, 0.1) is 12.3 Å². The van der Waals surface area contributed by atoms with Gasteiger partial charge in [-0.25, -0.2) is 9.78 Å². The number of carbonyl (C=O) groups is 1. The first-order valence-corrected chi connectivity index (χ1v) is 6.87. The van der Waals surface area contributed by atoms with E-state index in [2.05, 4.69) is 31.4 Å². The summed E-state index contributed by atoms with van der Waals surface area (Å²) in [6.45, 7) is 0.0524. The molecule has 0 radical (unpaired) electrons. The number of nitrogens with zero attached hydrogens (tertiary/aromatic N) is 5. The summed E-state index contributed by atoms with van der Waals surface area (Å²) in [6.07, 6.45) is 7.56. The van der Waals surface area contributed by atoms with Crippen LogP contribution in [-0.4, -0.2) is 47.9 Å². The van der Waals surface area contributed by atoms with Crippen molar-refractivity contribution >= 4 is 5.97 Å². The van der Waals surface area contributed by atoms with Crippen molar-refractivity contribution in [1.82, 2.24) is 30.2 Å². The molecule has 0 aliphatic carbocycles. The highest BCUT2D eigenvalue weighted by atomic mass is 16.5. The topological polar surface area (TPSA) is 136 Å². The van der Waals surface area contributed by atoms with E-state index >= 15 is 0 Å². The molecule has 10 heteroatoms. The molecule has 124 valence electrons. The highest BCUT2D eigenvalue weighted by Gasteiger charge is 2.14. The quantitative estimate of drug-likeness (QED) is 0.626. The summed E-state index contributed by atoms with van der Waals surface area (Å²) in [6, 6.07) is 4.88. The first-order valence-electron chi connectivity index (χ1n) is 6.87. The molecule has 2 N–H and O–H groups in total. The van der Waals surface area contributed by atoms with Gasteiger partial charge < -0.3 is 14.8 Å². The van der Waals surface area contributed by atoms with Gasteiger partial charge in [0.25, 0.3) is 5.56 Å². The molecule has 0 saturated heterocycles. The van der Waals surface area contributed by atoms with Gasteiger partial charge in [-0.1, -0.05) is 5.92 Å². The van der Waals surface area contributed by atoms with E-state index in [9.17, 15) is 9.59 Å². The first-order chi connectivity index (χ1) is 12.1. The van der Waals surface area contributed by atoms with Crippen LogP contribution in [0.2, 0.25) is 0 Å². The molecule has 0 atom stereocenters. The zero-order chi connectivity index (χ0) is 17.8. The molecule has 0 fully saturated rings. The van der Waals surface area contributed by atoms with Crippen molar-refractivity contribution in [2.24, 2.45) is 0 Å². The molecule has 10 nitrogen and oxygen atoms in total. The molecule has 3 aromatic rings. The highest BCUT2D eigenvalue weighted by molar-refractivity contribution is 5.86. The number of hydrogen-bond acceptors (Lipinski definition) is 7. The Morgan fingerprint density at radius 3 is 2.92 bits per heavy atom. The Kier molecular flexibility index (Phi) is 4.21. The van der Waals surface area contributed by atoms with E-state index in [-0.39, 0.29) is 12.4 Å². The number of aromatic amines is 1. The van der Waals surface area contributed by atoms with Crippen LogP contribution < -0.4 is 10.3 Å². The largest absolute Gasteiger partial charge is 0.479 e. The molecule has 2 aromatic heterocycles. The zero-order valence-electron chi connectivity index (χ0n) is 12.6. The number of benzene rings is 1. The molecule has 1 aromatic carbocycles. The first kappa shape index (κ1) is 15.9. The maximum atomic E-state index is 11.8. The lowest BCUT2D eigenvalue weighted by atomic mass is 10.1. The number of carboxylic acid groups (broad SMARTS) is 1. The minimum atomic E-state index is -1.35. The molecule has 3 rings (SSSR count). The van der Waals surface area contributed by atoms with Gasteiger partial charge >= 0.3 is 5.97 Å². The van der Waals surface area contributed by atoms with Gasteiger partial charge in [0.1, 0.15) is 35.8 Å². The van der Waals surface area contributed by atoms with Gasteiger partial charge in [-0.3, -0.25) is 4.79 Å². The highest BCUT2D eigenvalue weighted by Crippen LogP contribution is 2.27. The summed E-state index contributed by atoms with van der Waals surface area (Å²) in [7, 11) is 0. The Hall–Kier alpha value is -4.00. The lowest BCUT2D eigenvalue weighted by Crippen LogP contribution is -2.18. The van der Waals surface area contributed by atoms with Crippen molar-refractivity contribution in [3.63, 3.8) is 0 Å². The van der Waals surface area contributed by atoms with Gasteiger partial charge in [0.05, 0.1) is 0 Å². The van der Waals surface area contributed by atoms with E-state index in [1.807, 2.05) is 0 Å². The average molecular weight is 338 g/mol. The molecule has 0 amide bonds. The number of ether oxygens (including phenoxy) is 1. The minimum Gasteiger partial charge on any atom is -0.479 e. The Morgan fingerprint density at radius 1 is 1.44 bits per heavy atom. The SMILES string of the molecule is C#CCOc1ccc(-c2ncc(C(=O)O)c(=O)[nH]2)cc1-n1cnnn1. The van der Waals surface area contributed by atoms with Gasteiger partial charge in [-0.05, 0) is 28.6 Å². The van der Waals surface area contributed by atoms with E-state index in [4.69, 9.17) is 16.3 Å². The van der Waals surface area contributed by atoms with E-state index in [1.54, 1.807) is 18.2 Å². The predicted octanol–water partition coefficient (Wildman–Crippen LogP) is 0.123. The number of H-pyrrole nitrogens is 1. The molecule has 0 saturated carbocycles. The van der Waals surface area contributed by atoms with Crippen LogP contribution >= 0.6 is 0 Å². The van der Waals surface area contributed by atoms with Crippen molar-refractivity contribution < 1.29 is 14.6 Å². The second-order valence-corrected chi connectivity index (χ2v) is 4.71. The van der Waals surface area contributed by atoms with Gasteiger partial charge in [0.2, 0.25) is 0 Å². The van der Waals surface area contributed by atoms with E-state index in [0.717, 1.165) is 6.20 Å². The van der Waals surface area contributed by atoms with Crippen LogP contribution in [0.15, 0.2) is 35.5 Å². The summed E-state index contributed by atoms with van der Waals surface area (Å²) in [5, 5.41) is 19.8. The molecule has 25 heavy (non-hydrogen) atoms. The van der Waals surface area contributed by atoms with Crippen LogP contribution in [-0.2, 0) is 0 Å². The summed E-state index contributed by atoms with van der Waals surface area (Å²) >= 11 is 0. The summed E-state index contributed by atoms with van der Waals surface area (Å²) < 4.78 is 6.81. The third-order valence-corrected chi connectivity index (χ3v) is 3.17. The number of nitrogens with one attached hydrogen (secondary N) is 1. The Bertz CT molecular complexity index is 1020. The standard InChI is InChI=1S/C15H10N6O4/c1-2-5-25-12-4-3-9(6-11(12)21-8-17-19-20-21)13-16-7-10(15(23)24)14(22)18-13/h1,3-4,6-8H,5H2,(H,23,24)(H,16,18,22). The number of carboxylic acids is 1. The second-order valence-electron chi connectivity index (χ2n) is 4.71. The predicted molar refractivity (Wildman–Crippen MR) is 84.3 cm³/mol. The Labute approximate surface area is 140 Å². The molecule has 2 heterocycles. The van der Waals surface area contributed by atoms with E-state index in [1.165, 1.54) is 11.0 Å². The van der Waals surface area contributed by atoms with Crippen molar-refractivity contribution in [3.05, 3.63) is 46.6 Å². The molecule has 0 unspecified atom stereocenters. The summed E-state index contributed by atoms with van der Waals surface area (Å²) in [4.78, 5) is 29.1. The molecular weight excluding hydrogens is 328 g/mol. The maximum absolute atomic E-state index is 11.8. The normalized spacial score (nSPS) is 10.2. The van der Waals surface area contributed by atoms with Gasteiger partial charge in [-0.2, -0.15) is 4.68 Å². The average Bonchev–Trinajstić information content (AvgIpc) is 3.14. The van der Waals surface area contributed by atoms with Crippen LogP contribution in [0.4, 0.5) is 0 Å². The van der Waals surface area contributed by atoms with Crippen molar-refractivity contribution in [2.45, 2.75) is 0 Å². The van der Waals surface area contributed by atoms with E-state index < -0.39 is 17.1 Å². The second kappa shape index (κ2) is 6.63. The fraction of sp³-hybridized carbons (Fsp3) is 0.0667. The number of hydrogen-bond donors (Lipinski definition) is 2. The number of rotatable bonds is 5. The summed E-state index contributed by atoms with van der Waals surface area (Å²) in [5.74, 6) is 1.62. The smallest absolute Gasteiger partial charge is 0.342 e. The lowest BCUT2D eigenvalue weighted by molar-refractivity contribution is 0.0694. The monoisotopic (exact) mass is 338 g/mol. The van der Waals surface area contributed by atoms with Crippen molar-refractivity contribution in [2.75, 3.05) is 6.61 Å². The molecule has 0 bridgehead atoms. The number of aromatic nitrogens is 6. The van der Waals surface area contributed by atoms with Gasteiger partial charge in [-0.15, -0.1) is 11.5 Å². The maximum Gasteiger partial charge on any atom is 0.342 e. The van der Waals surface area contributed by atoms with Crippen LogP contribution in [0.1, 0.15) is 10.4 Å². The van der Waals surface area contributed by atoms with Gasteiger partial charge in [0, 0.05) is 11.8 Å². The number of terminal acetylenes is 1. The fourth-order valence-corrected chi connectivity index (χ4v) is 2.05. The Balaban J connectivity index is 2.08. The van der Waals surface area contributed by atoms with Crippen molar-refractivity contribution in [1.29, 1.82) is 0 Å². The molecule has 0 aliphatic heterocycles. The minimum absolute atomic E-state index is 0.0524. The zero-order valence-corrected chi connectivity index (χ0v) is 12.6. The fourth-order valence-electron chi connectivity index (χ4n) is 2.05. The van der Waals surface area contributed by atoms with Crippen LogP contribution in [0.3, 0.4) is 0 Å². The third-order valence-electron chi connectivity index (χ3n) is 3.17.